The van der Waals surface area contributed by atoms with Crippen LogP contribution in [0.4, 0.5) is 0 Å². The maximum atomic E-state index is 11.5. The summed E-state index contributed by atoms with van der Waals surface area (Å²) in [6.07, 6.45) is 4.71. The van der Waals surface area contributed by atoms with Gasteiger partial charge in [0, 0.05) is 23.2 Å². The molecule has 17 heavy (non-hydrogen) atoms. The van der Waals surface area contributed by atoms with Crippen LogP contribution >= 0.6 is 0 Å². The second kappa shape index (κ2) is 5.14. The fraction of sp³-hybridized carbons (Fsp3) is 0.500. The van der Waals surface area contributed by atoms with Gasteiger partial charge in [0.2, 0.25) is 5.88 Å². The van der Waals surface area contributed by atoms with Gasteiger partial charge in [-0.3, -0.25) is 10.2 Å². The van der Waals surface area contributed by atoms with Gasteiger partial charge in [0.15, 0.2) is 0 Å². The zero-order chi connectivity index (χ0) is 12.3. The summed E-state index contributed by atoms with van der Waals surface area (Å²) in [5.41, 5.74) is 3.56. The van der Waals surface area contributed by atoms with Crippen molar-refractivity contribution in [1.29, 1.82) is 0 Å². The van der Waals surface area contributed by atoms with Gasteiger partial charge in [-0.1, -0.05) is 12.8 Å². The predicted octanol–water partition coefficient (Wildman–Crippen LogP) is 1.35. The van der Waals surface area contributed by atoms with E-state index in [-0.39, 0.29) is 5.91 Å². The highest BCUT2D eigenvalue weighted by molar-refractivity contribution is 5.94. The van der Waals surface area contributed by atoms with E-state index in [1.807, 2.05) is 0 Å². The number of nitrogens with zero attached hydrogens (tertiary/aromatic N) is 1. The number of rotatable bonds is 3. The van der Waals surface area contributed by atoms with Crippen molar-refractivity contribution >= 4 is 5.91 Å². The molecule has 5 nitrogen and oxygen atoms in total. The molecule has 0 bridgehead atoms. The van der Waals surface area contributed by atoms with Crippen LogP contribution in [0.25, 0.3) is 0 Å². The van der Waals surface area contributed by atoms with Gasteiger partial charge in [0.1, 0.15) is 0 Å². The van der Waals surface area contributed by atoms with Crippen LogP contribution in [0.5, 0.6) is 5.88 Å². The van der Waals surface area contributed by atoms with Crippen molar-refractivity contribution in [2.24, 2.45) is 5.84 Å². The van der Waals surface area contributed by atoms with Crippen LogP contribution in [-0.4, -0.2) is 18.0 Å². The number of nitrogens with two attached hydrogens (primary N) is 1. The van der Waals surface area contributed by atoms with Crippen molar-refractivity contribution in [2.75, 3.05) is 7.11 Å². The van der Waals surface area contributed by atoms with Crippen LogP contribution in [-0.2, 0) is 0 Å². The Morgan fingerprint density at radius 2 is 2.18 bits per heavy atom. The van der Waals surface area contributed by atoms with Crippen LogP contribution in [0, 0.1) is 0 Å². The van der Waals surface area contributed by atoms with Crippen molar-refractivity contribution in [2.45, 2.75) is 31.6 Å². The van der Waals surface area contributed by atoms with Gasteiger partial charge in [0.25, 0.3) is 5.91 Å². The zero-order valence-electron chi connectivity index (χ0n) is 9.90. The second-order valence-corrected chi connectivity index (χ2v) is 4.28. The molecule has 0 radical (unpaired) electrons. The average Bonchev–Trinajstić information content (AvgIpc) is 2.91. The summed E-state index contributed by atoms with van der Waals surface area (Å²) in [5, 5.41) is 0. The molecule has 0 atom stereocenters. The first-order valence-corrected chi connectivity index (χ1v) is 5.81. The largest absolute Gasteiger partial charge is 0.481 e. The predicted molar refractivity (Wildman–Crippen MR) is 63.7 cm³/mol. The molecular weight excluding hydrogens is 218 g/mol. The van der Waals surface area contributed by atoms with E-state index in [4.69, 9.17) is 10.6 Å². The van der Waals surface area contributed by atoms with Crippen molar-refractivity contribution < 1.29 is 9.53 Å². The van der Waals surface area contributed by atoms with Crippen LogP contribution in [0.1, 0.15) is 47.7 Å². The lowest BCUT2D eigenvalue weighted by Gasteiger charge is -2.11. The molecule has 1 aromatic rings. The highest BCUT2D eigenvalue weighted by Crippen LogP contribution is 2.34. The van der Waals surface area contributed by atoms with Crippen LogP contribution in [0.3, 0.4) is 0 Å². The van der Waals surface area contributed by atoms with E-state index < -0.39 is 0 Å². The monoisotopic (exact) mass is 235 g/mol. The molecule has 1 heterocycles. The molecule has 1 aliphatic rings. The first-order chi connectivity index (χ1) is 8.24. The van der Waals surface area contributed by atoms with Gasteiger partial charge in [0.05, 0.1) is 7.11 Å². The van der Waals surface area contributed by atoms with Crippen LogP contribution in [0.15, 0.2) is 12.1 Å². The number of nitrogens with one attached hydrogen (secondary N) is 1. The van der Waals surface area contributed by atoms with E-state index in [0.717, 1.165) is 18.5 Å². The van der Waals surface area contributed by atoms with Crippen molar-refractivity contribution in [3.63, 3.8) is 0 Å². The lowest BCUT2D eigenvalue weighted by Crippen LogP contribution is -2.30. The smallest absolute Gasteiger partial charge is 0.265 e. The molecule has 3 N–H and O–H groups in total. The number of carbonyl (C=O) groups excluding carboxylic acids is 1. The summed E-state index contributed by atoms with van der Waals surface area (Å²) in [7, 11) is 1.55. The highest BCUT2D eigenvalue weighted by atomic mass is 16.5. The topological polar surface area (TPSA) is 77.2 Å². The Morgan fingerprint density at radius 1 is 1.47 bits per heavy atom. The number of methoxy groups -OCH3 is 1. The van der Waals surface area contributed by atoms with Gasteiger partial charge in [-0.2, -0.15) is 0 Å². The third kappa shape index (κ3) is 2.55. The first kappa shape index (κ1) is 11.9. The average molecular weight is 235 g/mol. The van der Waals surface area contributed by atoms with Crippen molar-refractivity contribution in [3.05, 3.63) is 23.4 Å². The molecule has 1 fully saturated rings. The van der Waals surface area contributed by atoms with Gasteiger partial charge in [-0.25, -0.2) is 10.8 Å². The summed E-state index contributed by atoms with van der Waals surface area (Å²) in [4.78, 5) is 15.9. The molecule has 0 spiro atoms. The molecule has 92 valence electrons. The summed E-state index contributed by atoms with van der Waals surface area (Å²) < 4.78 is 5.12. The fourth-order valence-corrected chi connectivity index (χ4v) is 2.28. The first-order valence-electron chi connectivity index (χ1n) is 5.81. The molecule has 1 amide bonds. The van der Waals surface area contributed by atoms with E-state index in [0.29, 0.717) is 17.4 Å². The zero-order valence-corrected chi connectivity index (χ0v) is 9.90. The Morgan fingerprint density at radius 3 is 2.76 bits per heavy atom. The third-order valence-electron chi connectivity index (χ3n) is 3.20. The van der Waals surface area contributed by atoms with Crippen LogP contribution < -0.4 is 16.0 Å². The summed E-state index contributed by atoms with van der Waals surface area (Å²) in [6, 6.07) is 3.40. The van der Waals surface area contributed by atoms with Crippen molar-refractivity contribution in [3.8, 4) is 5.88 Å². The Hall–Kier alpha value is -1.62. The molecule has 1 aliphatic carbocycles. The van der Waals surface area contributed by atoms with E-state index in [2.05, 4.69) is 10.4 Å². The van der Waals surface area contributed by atoms with Gasteiger partial charge in [-0.05, 0) is 18.9 Å². The van der Waals surface area contributed by atoms with Gasteiger partial charge >= 0.3 is 0 Å². The minimum Gasteiger partial charge on any atom is -0.481 e. The Bertz CT molecular complexity index is 414. The van der Waals surface area contributed by atoms with Crippen molar-refractivity contribution in [1.82, 2.24) is 10.4 Å². The van der Waals surface area contributed by atoms with E-state index in [1.165, 1.54) is 12.8 Å². The molecule has 0 aliphatic heterocycles. The fourth-order valence-electron chi connectivity index (χ4n) is 2.28. The molecule has 1 saturated carbocycles. The third-order valence-corrected chi connectivity index (χ3v) is 3.20. The molecule has 0 aromatic carbocycles. The van der Waals surface area contributed by atoms with Gasteiger partial charge in [-0.15, -0.1) is 0 Å². The Kier molecular flexibility index (Phi) is 3.58. The van der Waals surface area contributed by atoms with E-state index in [9.17, 15) is 4.79 Å². The number of nitrogen functional groups attached to an aromatic ring is 1. The molecular formula is C12H17N3O2. The minimum atomic E-state index is -0.315. The number of aromatic nitrogens is 1. The maximum absolute atomic E-state index is 11.5. The summed E-state index contributed by atoms with van der Waals surface area (Å²) in [5.74, 6) is 5.73. The number of carbonyl (C=O) groups is 1. The normalized spacial score (nSPS) is 15.9. The lowest BCUT2D eigenvalue weighted by atomic mass is 10.0. The summed E-state index contributed by atoms with van der Waals surface area (Å²) >= 11 is 0. The molecule has 1 aromatic heterocycles. The number of hydrogen-bond acceptors (Lipinski definition) is 4. The highest BCUT2D eigenvalue weighted by Gasteiger charge is 2.20. The maximum Gasteiger partial charge on any atom is 0.265 e. The number of hydrazine groups is 1. The van der Waals surface area contributed by atoms with E-state index in [1.54, 1.807) is 19.2 Å². The van der Waals surface area contributed by atoms with Crippen LogP contribution in [0.2, 0.25) is 0 Å². The Balaban J connectivity index is 2.34. The molecule has 5 heteroatoms. The standard InChI is InChI=1S/C12H17N3O2/c1-17-11-7-9(12(16)15-13)6-10(14-11)8-4-2-3-5-8/h6-8H,2-5,13H2,1H3,(H,15,16). The van der Waals surface area contributed by atoms with E-state index >= 15 is 0 Å². The minimum absolute atomic E-state index is 0.315. The number of pyridine rings is 1. The molecule has 0 unspecified atom stereocenters. The number of hydrogen-bond donors (Lipinski definition) is 2. The lowest BCUT2D eigenvalue weighted by molar-refractivity contribution is 0.0953. The number of ether oxygens (including phenoxy) is 1. The Labute approximate surface area is 100 Å². The van der Waals surface area contributed by atoms with Gasteiger partial charge < -0.3 is 4.74 Å². The SMILES string of the molecule is COc1cc(C(=O)NN)cc(C2CCCC2)n1. The quantitative estimate of drug-likeness (QED) is 0.471. The molecule has 0 saturated heterocycles. The second-order valence-electron chi connectivity index (χ2n) is 4.28. The summed E-state index contributed by atoms with van der Waals surface area (Å²) in [6.45, 7) is 0. The molecule has 2 rings (SSSR count). The number of amides is 1.